The fourth-order valence-corrected chi connectivity index (χ4v) is 3.56. The van der Waals surface area contributed by atoms with Crippen molar-refractivity contribution < 1.29 is 37.4 Å². The number of esters is 2. The number of nitrogens with one attached hydrogen (secondary N) is 4. The van der Waals surface area contributed by atoms with Crippen LogP contribution in [0.25, 0.3) is 11.4 Å². The lowest BCUT2D eigenvalue weighted by Gasteiger charge is -2.10. The van der Waals surface area contributed by atoms with Crippen molar-refractivity contribution in [3.8, 4) is 11.4 Å². The first-order valence-corrected chi connectivity index (χ1v) is 13.1. The molecule has 0 aliphatic carbocycles. The highest BCUT2D eigenvalue weighted by molar-refractivity contribution is 5.92. The van der Waals surface area contributed by atoms with Gasteiger partial charge in [-0.3, -0.25) is 19.6 Å². The van der Waals surface area contributed by atoms with Crippen LogP contribution in [0.2, 0.25) is 0 Å². The van der Waals surface area contributed by atoms with Gasteiger partial charge >= 0.3 is 24.0 Å². The summed E-state index contributed by atoms with van der Waals surface area (Å²) in [6.07, 6.45) is 3.04. The van der Waals surface area contributed by atoms with Crippen LogP contribution in [0.3, 0.4) is 0 Å². The van der Waals surface area contributed by atoms with E-state index in [1.807, 2.05) is 0 Å². The monoisotopic (exact) mass is 604 g/mol. The summed E-state index contributed by atoms with van der Waals surface area (Å²) < 4.78 is 36.4. The summed E-state index contributed by atoms with van der Waals surface area (Å²) in [4.78, 5) is 56.6. The lowest BCUT2D eigenvalue weighted by molar-refractivity contribution is -0.144. The largest absolute Gasteiger partial charge is 0.460 e. The third kappa shape index (κ3) is 10.2. The zero-order valence-electron chi connectivity index (χ0n) is 23.0. The van der Waals surface area contributed by atoms with Gasteiger partial charge in [0.05, 0.1) is 11.4 Å². The van der Waals surface area contributed by atoms with Crippen LogP contribution in [-0.2, 0) is 32.3 Å². The predicted octanol–water partition coefficient (Wildman–Crippen LogP) is 4.15. The first-order valence-electron chi connectivity index (χ1n) is 13.1. The molecule has 12 nitrogen and oxygen atoms in total. The van der Waals surface area contributed by atoms with E-state index < -0.39 is 35.6 Å². The minimum absolute atomic E-state index is 0.0886. The van der Waals surface area contributed by atoms with E-state index in [4.69, 9.17) is 9.47 Å². The van der Waals surface area contributed by atoms with E-state index in [1.54, 1.807) is 24.3 Å². The average Bonchev–Trinajstić information content (AvgIpc) is 3.03. The van der Waals surface area contributed by atoms with Gasteiger partial charge in [-0.25, -0.2) is 18.4 Å². The molecule has 0 bridgehead atoms. The second-order valence-corrected chi connectivity index (χ2v) is 9.05. The van der Waals surface area contributed by atoms with Gasteiger partial charge in [0.1, 0.15) is 37.9 Å². The van der Waals surface area contributed by atoms with E-state index in [-0.39, 0.29) is 26.3 Å². The van der Waals surface area contributed by atoms with Crippen molar-refractivity contribution in [1.29, 1.82) is 0 Å². The van der Waals surface area contributed by atoms with Crippen LogP contribution in [0.5, 0.6) is 0 Å². The first kappa shape index (κ1) is 31.0. The first-order chi connectivity index (χ1) is 21.2. The minimum atomic E-state index is -0.679. The van der Waals surface area contributed by atoms with Gasteiger partial charge in [0.25, 0.3) is 0 Å². The van der Waals surface area contributed by atoms with E-state index in [0.717, 1.165) is 0 Å². The smallest absolute Gasteiger partial charge is 0.325 e. The third-order valence-electron chi connectivity index (χ3n) is 5.70. The second kappa shape index (κ2) is 15.3. The van der Waals surface area contributed by atoms with E-state index >= 15 is 0 Å². The maximum absolute atomic E-state index is 13.0. The molecule has 14 heteroatoms. The quantitative estimate of drug-likeness (QED) is 0.186. The summed E-state index contributed by atoms with van der Waals surface area (Å²) in [7, 11) is 0. The summed E-state index contributed by atoms with van der Waals surface area (Å²) in [6.45, 7) is -0.952. The van der Waals surface area contributed by atoms with Crippen LogP contribution in [0, 0.1) is 11.6 Å². The van der Waals surface area contributed by atoms with Crippen molar-refractivity contribution in [2.24, 2.45) is 0 Å². The number of halogens is 2. The fourth-order valence-electron chi connectivity index (χ4n) is 3.56. The Morgan fingerprint density at radius 3 is 1.36 bits per heavy atom. The molecule has 0 spiro atoms. The molecule has 226 valence electrons. The number of aromatic nitrogens is 2. The molecule has 0 radical (unpaired) electrons. The number of pyridine rings is 2. The SMILES string of the molecule is O=C(NCC(=O)OCc1ccnc(-c2cc(COC(=O)CNC(=O)Nc3ccc(F)cc3)ccn2)c1)Nc1ccc(F)cc1. The Labute approximate surface area is 249 Å². The molecular weight excluding hydrogens is 578 g/mol. The van der Waals surface area contributed by atoms with Crippen molar-refractivity contribution in [3.05, 3.63) is 108 Å². The highest BCUT2D eigenvalue weighted by Gasteiger charge is 2.11. The number of ether oxygens (including phenoxy) is 2. The topological polar surface area (TPSA) is 161 Å². The number of carbonyl (C=O) groups excluding carboxylic acids is 4. The van der Waals surface area contributed by atoms with Crippen molar-refractivity contribution >= 4 is 35.4 Å². The predicted molar refractivity (Wildman–Crippen MR) is 154 cm³/mol. The molecule has 4 rings (SSSR count). The maximum Gasteiger partial charge on any atom is 0.325 e. The van der Waals surface area contributed by atoms with Crippen LogP contribution in [0.4, 0.5) is 29.7 Å². The molecule has 0 atom stereocenters. The molecule has 0 fully saturated rings. The summed E-state index contributed by atoms with van der Waals surface area (Å²) in [5, 5.41) is 9.65. The number of carbonyl (C=O) groups is 4. The summed E-state index contributed by atoms with van der Waals surface area (Å²) >= 11 is 0. The van der Waals surface area contributed by atoms with Crippen molar-refractivity contribution in [3.63, 3.8) is 0 Å². The standard InChI is InChI=1S/C30H26F2N6O6/c31-21-1-5-23(6-2-21)37-29(41)35-15-27(39)43-17-19-9-11-33-25(13-19)26-14-20(10-12-34-26)18-44-28(40)16-36-30(42)38-24-7-3-22(32)4-8-24/h1-14H,15-18H2,(H2,35,37,41)(H2,36,38,42). The molecule has 4 N–H and O–H groups in total. The van der Waals surface area contributed by atoms with Crippen LogP contribution in [0.1, 0.15) is 11.1 Å². The lowest BCUT2D eigenvalue weighted by Crippen LogP contribution is -2.34. The molecule has 0 saturated heterocycles. The van der Waals surface area contributed by atoms with Crippen LogP contribution in [0.15, 0.2) is 85.2 Å². The molecule has 0 saturated carbocycles. The van der Waals surface area contributed by atoms with E-state index in [9.17, 15) is 28.0 Å². The number of anilines is 2. The van der Waals surface area contributed by atoms with Crippen molar-refractivity contribution in [2.75, 3.05) is 23.7 Å². The Bertz CT molecular complexity index is 1500. The Hall–Kier alpha value is -5.92. The van der Waals surface area contributed by atoms with Crippen LogP contribution in [-0.4, -0.2) is 47.1 Å². The molecule has 44 heavy (non-hydrogen) atoms. The van der Waals surface area contributed by atoms with Gasteiger partial charge in [-0.1, -0.05) is 0 Å². The van der Waals surface area contributed by atoms with E-state index in [2.05, 4.69) is 31.2 Å². The van der Waals surface area contributed by atoms with Gasteiger partial charge in [0, 0.05) is 23.8 Å². The normalized spacial score (nSPS) is 10.3. The third-order valence-corrected chi connectivity index (χ3v) is 5.70. The number of hydrogen-bond donors (Lipinski definition) is 4. The fraction of sp³-hybridized carbons (Fsp3) is 0.133. The number of urea groups is 2. The van der Waals surface area contributed by atoms with Gasteiger partial charge in [-0.15, -0.1) is 0 Å². The molecule has 2 aromatic carbocycles. The Balaban J connectivity index is 1.20. The Kier molecular flexibility index (Phi) is 10.8. The average molecular weight is 605 g/mol. The summed E-state index contributed by atoms with van der Waals surface area (Å²) in [5.41, 5.74) is 2.90. The number of benzene rings is 2. The molecule has 0 aliphatic rings. The molecule has 2 heterocycles. The zero-order chi connectivity index (χ0) is 31.3. The molecule has 2 aromatic heterocycles. The number of amides is 4. The van der Waals surface area contributed by atoms with E-state index in [1.165, 1.54) is 60.9 Å². The molecule has 0 unspecified atom stereocenters. The zero-order valence-corrected chi connectivity index (χ0v) is 23.0. The van der Waals surface area contributed by atoms with Gasteiger partial charge in [-0.2, -0.15) is 0 Å². The maximum atomic E-state index is 13.0. The van der Waals surface area contributed by atoms with Gasteiger partial charge < -0.3 is 30.7 Å². The highest BCUT2D eigenvalue weighted by atomic mass is 19.1. The van der Waals surface area contributed by atoms with E-state index in [0.29, 0.717) is 33.9 Å². The van der Waals surface area contributed by atoms with Crippen LogP contribution >= 0.6 is 0 Å². The molecule has 0 aliphatic heterocycles. The number of hydrogen-bond acceptors (Lipinski definition) is 8. The van der Waals surface area contributed by atoms with Crippen molar-refractivity contribution in [2.45, 2.75) is 13.2 Å². The van der Waals surface area contributed by atoms with Crippen molar-refractivity contribution in [1.82, 2.24) is 20.6 Å². The van der Waals surface area contributed by atoms with Crippen LogP contribution < -0.4 is 21.3 Å². The number of rotatable bonds is 11. The number of nitrogens with zero attached hydrogens (tertiary/aromatic N) is 2. The second-order valence-electron chi connectivity index (χ2n) is 9.05. The van der Waals surface area contributed by atoms with Gasteiger partial charge in [0.2, 0.25) is 0 Å². The Morgan fingerprint density at radius 2 is 0.977 bits per heavy atom. The summed E-state index contributed by atoms with van der Waals surface area (Å²) in [6, 6.07) is 15.6. The molecule has 4 aromatic rings. The molecule has 4 amide bonds. The highest BCUT2D eigenvalue weighted by Crippen LogP contribution is 2.18. The minimum Gasteiger partial charge on any atom is -0.460 e. The summed E-state index contributed by atoms with van der Waals surface area (Å²) in [5.74, 6) is -2.24. The Morgan fingerprint density at radius 1 is 0.591 bits per heavy atom. The lowest BCUT2D eigenvalue weighted by atomic mass is 10.1. The molecular formula is C30H26F2N6O6. The van der Waals surface area contributed by atoms with Gasteiger partial charge in [0.15, 0.2) is 0 Å². The van der Waals surface area contributed by atoms with Gasteiger partial charge in [-0.05, 0) is 83.9 Å².